The number of hydrogen-bond donors (Lipinski definition) is 2. The van der Waals surface area contributed by atoms with Crippen LogP contribution in [0.4, 0.5) is 10.7 Å². The molecule has 0 aromatic carbocycles. The molecule has 1 aromatic rings. The highest BCUT2D eigenvalue weighted by Crippen LogP contribution is 2.08. The molecule has 0 radical (unpaired) electrons. The van der Waals surface area contributed by atoms with Crippen LogP contribution in [0.15, 0.2) is 12.3 Å². The van der Waals surface area contributed by atoms with Crippen LogP contribution in [0.2, 0.25) is 0 Å². The zero-order valence-electron chi connectivity index (χ0n) is 9.52. The lowest BCUT2D eigenvalue weighted by Crippen LogP contribution is -2.27. The Balaban J connectivity index is 2.62. The van der Waals surface area contributed by atoms with Crippen LogP contribution in [0, 0.1) is 0 Å². The molecule has 1 rings (SSSR count). The van der Waals surface area contributed by atoms with E-state index < -0.39 is 11.7 Å². The van der Waals surface area contributed by atoms with Crippen LogP contribution in [-0.4, -0.2) is 26.8 Å². The van der Waals surface area contributed by atoms with E-state index in [1.807, 2.05) is 0 Å². The number of amides is 1. The summed E-state index contributed by atoms with van der Waals surface area (Å²) >= 11 is 0. The molecular formula is C10H15N3O3. The fourth-order valence-electron chi connectivity index (χ4n) is 0.939. The Labute approximate surface area is 93.7 Å². The number of carbonyl (C=O) groups is 1. The molecule has 1 aromatic heterocycles. The van der Waals surface area contributed by atoms with Crippen molar-refractivity contribution in [3.05, 3.63) is 18.0 Å². The normalized spacial score (nSPS) is 11.0. The second-order valence-electron chi connectivity index (χ2n) is 4.16. The Hall–Kier alpha value is -1.69. The second kappa shape index (κ2) is 4.89. The number of anilines is 1. The van der Waals surface area contributed by atoms with E-state index in [2.05, 4.69) is 15.3 Å². The predicted molar refractivity (Wildman–Crippen MR) is 57.8 cm³/mol. The van der Waals surface area contributed by atoms with Gasteiger partial charge in [0.25, 0.3) is 0 Å². The molecular weight excluding hydrogens is 210 g/mol. The number of hydrogen-bond acceptors (Lipinski definition) is 5. The zero-order valence-corrected chi connectivity index (χ0v) is 9.52. The van der Waals surface area contributed by atoms with Crippen molar-refractivity contribution in [1.82, 2.24) is 9.97 Å². The van der Waals surface area contributed by atoms with Crippen molar-refractivity contribution in [2.45, 2.75) is 33.0 Å². The predicted octanol–water partition coefficient (Wildman–Crippen LogP) is 1.32. The van der Waals surface area contributed by atoms with Gasteiger partial charge in [0.15, 0.2) is 0 Å². The highest BCUT2D eigenvalue weighted by Gasteiger charge is 2.16. The number of ether oxygens (including phenoxy) is 1. The van der Waals surface area contributed by atoms with Crippen molar-refractivity contribution >= 4 is 12.0 Å². The number of nitrogens with one attached hydrogen (secondary N) is 1. The summed E-state index contributed by atoms with van der Waals surface area (Å²) in [6, 6.07) is 1.56. The fourth-order valence-corrected chi connectivity index (χ4v) is 0.939. The van der Waals surface area contributed by atoms with E-state index in [4.69, 9.17) is 9.84 Å². The summed E-state index contributed by atoms with van der Waals surface area (Å²) in [6.45, 7) is 5.08. The first kappa shape index (κ1) is 12.4. The minimum atomic E-state index is -0.623. The summed E-state index contributed by atoms with van der Waals surface area (Å²) in [5.74, 6) is 0.112. The number of aromatic nitrogens is 2. The first-order valence-electron chi connectivity index (χ1n) is 4.83. The fraction of sp³-hybridized carbons (Fsp3) is 0.500. The van der Waals surface area contributed by atoms with Crippen molar-refractivity contribution in [3.8, 4) is 0 Å². The third-order valence-corrected chi connectivity index (χ3v) is 1.49. The monoisotopic (exact) mass is 225 g/mol. The maximum atomic E-state index is 11.4. The van der Waals surface area contributed by atoms with E-state index in [1.54, 1.807) is 26.8 Å². The molecule has 1 amide bonds. The molecule has 16 heavy (non-hydrogen) atoms. The Morgan fingerprint density at radius 2 is 2.25 bits per heavy atom. The van der Waals surface area contributed by atoms with Gasteiger partial charge in [-0.25, -0.2) is 14.8 Å². The Kier molecular flexibility index (Phi) is 3.78. The Morgan fingerprint density at radius 1 is 1.56 bits per heavy atom. The van der Waals surface area contributed by atoms with Gasteiger partial charge < -0.3 is 9.84 Å². The van der Waals surface area contributed by atoms with Gasteiger partial charge in [-0.2, -0.15) is 0 Å². The summed E-state index contributed by atoms with van der Waals surface area (Å²) in [7, 11) is 0. The minimum Gasteiger partial charge on any atom is -0.444 e. The van der Waals surface area contributed by atoms with Crippen molar-refractivity contribution in [3.63, 3.8) is 0 Å². The maximum Gasteiger partial charge on any atom is 0.414 e. The third kappa shape index (κ3) is 4.22. The largest absolute Gasteiger partial charge is 0.444 e. The van der Waals surface area contributed by atoms with Gasteiger partial charge in [-0.15, -0.1) is 0 Å². The standard InChI is InChI=1S/C10H15N3O3/c1-10(2,3)16-9(15)13-8-11-5-4-7(6-14)12-8/h4-5,14H,6H2,1-3H3,(H,11,12,13,15). The average Bonchev–Trinajstić information content (AvgIpc) is 2.15. The number of aliphatic hydroxyl groups excluding tert-OH is 1. The minimum absolute atomic E-state index is 0.112. The van der Waals surface area contributed by atoms with E-state index in [0.29, 0.717) is 5.69 Å². The SMILES string of the molecule is CC(C)(C)OC(=O)Nc1nccc(CO)n1. The first-order chi connectivity index (χ1) is 7.40. The molecule has 0 bridgehead atoms. The van der Waals surface area contributed by atoms with Crippen LogP contribution in [-0.2, 0) is 11.3 Å². The molecule has 0 aliphatic carbocycles. The van der Waals surface area contributed by atoms with Crippen LogP contribution in [0.5, 0.6) is 0 Å². The van der Waals surface area contributed by atoms with Crippen LogP contribution in [0.1, 0.15) is 26.5 Å². The quantitative estimate of drug-likeness (QED) is 0.792. The smallest absolute Gasteiger partial charge is 0.414 e. The van der Waals surface area contributed by atoms with Crippen molar-refractivity contribution in [1.29, 1.82) is 0 Å². The summed E-state index contributed by atoms with van der Waals surface area (Å²) in [4.78, 5) is 19.1. The van der Waals surface area contributed by atoms with E-state index in [-0.39, 0.29) is 12.6 Å². The van der Waals surface area contributed by atoms with Gasteiger partial charge in [0.1, 0.15) is 5.60 Å². The van der Waals surface area contributed by atoms with E-state index in [0.717, 1.165) is 0 Å². The van der Waals surface area contributed by atoms with Gasteiger partial charge in [0.2, 0.25) is 5.95 Å². The molecule has 2 N–H and O–H groups in total. The zero-order chi connectivity index (χ0) is 12.2. The molecule has 0 aliphatic heterocycles. The molecule has 0 aliphatic rings. The number of carbonyl (C=O) groups excluding carboxylic acids is 1. The van der Waals surface area contributed by atoms with Gasteiger partial charge >= 0.3 is 6.09 Å². The molecule has 0 unspecified atom stereocenters. The molecule has 88 valence electrons. The molecule has 6 heteroatoms. The molecule has 0 saturated carbocycles. The van der Waals surface area contributed by atoms with Crippen LogP contribution in [0.3, 0.4) is 0 Å². The van der Waals surface area contributed by atoms with Gasteiger partial charge in [0, 0.05) is 6.20 Å². The maximum absolute atomic E-state index is 11.4. The summed E-state index contributed by atoms with van der Waals surface area (Å²) in [5, 5.41) is 11.2. The van der Waals surface area contributed by atoms with E-state index in [9.17, 15) is 4.79 Å². The summed E-state index contributed by atoms with van der Waals surface area (Å²) in [6.07, 6.45) is 0.827. The number of nitrogens with zero attached hydrogens (tertiary/aromatic N) is 2. The van der Waals surface area contributed by atoms with E-state index >= 15 is 0 Å². The van der Waals surface area contributed by atoms with Crippen LogP contribution >= 0.6 is 0 Å². The third-order valence-electron chi connectivity index (χ3n) is 1.49. The van der Waals surface area contributed by atoms with Gasteiger partial charge in [-0.3, -0.25) is 5.32 Å². The second-order valence-corrected chi connectivity index (χ2v) is 4.16. The summed E-state index contributed by atoms with van der Waals surface area (Å²) in [5.41, 5.74) is -0.139. The van der Waals surface area contributed by atoms with E-state index in [1.165, 1.54) is 6.20 Å². The topological polar surface area (TPSA) is 84.3 Å². The van der Waals surface area contributed by atoms with Crippen molar-refractivity contribution in [2.24, 2.45) is 0 Å². The first-order valence-corrected chi connectivity index (χ1v) is 4.83. The summed E-state index contributed by atoms with van der Waals surface area (Å²) < 4.78 is 5.02. The lowest BCUT2D eigenvalue weighted by molar-refractivity contribution is 0.0634. The number of rotatable bonds is 2. The molecule has 0 spiro atoms. The molecule has 1 heterocycles. The average molecular weight is 225 g/mol. The lowest BCUT2D eigenvalue weighted by atomic mass is 10.2. The molecule has 6 nitrogen and oxygen atoms in total. The Bertz CT molecular complexity index is 374. The highest BCUT2D eigenvalue weighted by molar-refractivity contribution is 5.82. The van der Waals surface area contributed by atoms with Gasteiger partial charge in [-0.05, 0) is 26.8 Å². The van der Waals surface area contributed by atoms with Crippen molar-refractivity contribution < 1.29 is 14.6 Å². The molecule has 0 fully saturated rings. The molecule has 0 atom stereocenters. The van der Waals surface area contributed by atoms with Gasteiger partial charge in [0.05, 0.1) is 12.3 Å². The Morgan fingerprint density at radius 3 is 2.81 bits per heavy atom. The number of aliphatic hydroxyl groups is 1. The van der Waals surface area contributed by atoms with Gasteiger partial charge in [-0.1, -0.05) is 0 Å². The van der Waals surface area contributed by atoms with Crippen LogP contribution < -0.4 is 5.32 Å². The molecule has 0 saturated heterocycles. The highest BCUT2D eigenvalue weighted by atomic mass is 16.6. The van der Waals surface area contributed by atoms with Crippen molar-refractivity contribution in [2.75, 3.05) is 5.32 Å². The lowest BCUT2D eigenvalue weighted by Gasteiger charge is -2.19. The van der Waals surface area contributed by atoms with Crippen LogP contribution in [0.25, 0.3) is 0 Å².